The number of anilines is 2. The van der Waals surface area contributed by atoms with Gasteiger partial charge in [-0.3, -0.25) is 0 Å². The van der Waals surface area contributed by atoms with Gasteiger partial charge in [-0.15, -0.1) is 0 Å². The Hall–Kier alpha value is -2.21. The molecule has 3 N–H and O–H groups in total. The molecule has 0 saturated heterocycles. The molecule has 1 heterocycles. The molecule has 4 nitrogen and oxygen atoms in total. The van der Waals surface area contributed by atoms with E-state index in [1.54, 1.807) is 24.4 Å². The Morgan fingerprint density at radius 3 is 2.74 bits per heavy atom. The highest BCUT2D eigenvalue weighted by Crippen LogP contribution is 2.27. The Morgan fingerprint density at radius 1 is 1.37 bits per heavy atom. The van der Waals surface area contributed by atoms with Crippen LogP contribution in [0.3, 0.4) is 0 Å². The summed E-state index contributed by atoms with van der Waals surface area (Å²) in [5.74, 6) is 0.629. The van der Waals surface area contributed by atoms with Gasteiger partial charge in [0.2, 0.25) is 0 Å². The summed E-state index contributed by atoms with van der Waals surface area (Å²) in [5.41, 5.74) is 6.80. The van der Waals surface area contributed by atoms with E-state index >= 15 is 0 Å². The summed E-state index contributed by atoms with van der Waals surface area (Å²) in [6.07, 6.45) is 1.57. The first kappa shape index (κ1) is 13.2. The third-order valence-electron chi connectivity index (χ3n) is 2.47. The van der Waals surface area contributed by atoms with Crippen molar-refractivity contribution in [1.82, 2.24) is 4.98 Å². The van der Waals surface area contributed by atoms with Crippen LogP contribution in [0.1, 0.15) is 5.56 Å². The van der Waals surface area contributed by atoms with Gasteiger partial charge in [-0.05, 0) is 24.3 Å². The summed E-state index contributed by atoms with van der Waals surface area (Å²) < 4.78 is 18.2. The lowest BCUT2D eigenvalue weighted by atomic mass is 10.2. The molecule has 0 atom stereocenters. The smallest absolute Gasteiger partial charge is 0.145 e. The van der Waals surface area contributed by atoms with Crippen LogP contribution in [-0.2, 0) is 0 Å². The summed E-state index contributed by atoms with van der Waals surface area (Å²) in [4.78, 5) is 4.46. The van der Waals surface area contributed by atoms with Crippen LogP contribution >= 0.6 is 12.2 Å². The van der Waals surface area contributed by atoms with E-state index in [2.05, 4.69) is 10.3 Å². The van der Waals surface area contributed by atoms with E-state index in [0.29, 0.717) is 27.8 Å². The molecule has 98 valence electrons. The molecule has 1 aromatic carbocycles. The predicted molar refractivity (Wildman–Crippen MR) is 76.4 cm³/mol. The lowest BCUT2D eigenvalue weighted by molar-refractivity contribution is 0.413. The second-order valence-electron chi connectivity index (χ2n) is 3.77. The van der Waals surface area contributed by atoms with Gasteiger partial charge in [0.25, 0.3) is 0 Å². The second-order valence-corrected chi connectivity index (χ2v) is 4.21. The molecule has 1 aromatic heterocycles. The fourth-order valence-corrected chi connectivity index (χ4v) is 1.64. The minimum Gasteiger partial charge on any atom is -0.494 e. The SMILES string of the molecule is COc1cc(F)ccc1Nc1ccc(C(N)=S)cn1. The number of hydrogen-bond donors (Lipinski definition) is 2. The van der Waals surface area contributed by atoms with Crippen molar-refractivity contribution in [2.75, 3.05) is 12.4 Å². The molecule has 0 aliphatic rings. The van der Waals surface area contributed by atoms with Crippen molar-refractivity contribution < 1.29 is 9.13 Å². The lowest BCUT2D eigenvalue weighted by Crippen LogP contribution is -2.09. The van der Waals surface area contributed by atoms with Crippen molar-refractivity contribution in [2.24, 2.45) is 5.73 Å². The van der Waals surface area contributed by atoms with Crippen LogP contribution < -0.4 is 15.8 Å². The molecule has 0 saturated carbocycles. The topological polar surface area (TPSA) is 60.2 Å². The molecule has 0 aliphatic carbocycles. The fourth-order valence-electron chi connectivity index (χ4n) is 1.52. The molecule has 0 fully saturated rings. The van der Waals surface area contributed by atoms with E-state index in [9.17, 15) is 4.39 Å². The van der Waals surface area contributed by atoms with Gasteiger partial charge in [0.1, 0.15) is 22.4 Å². The molecular formula is C13H12FN3OS. The molecule has 0 bridgehead atoms. The molecule has 0 amide bonds. The first-order chi connectivity index (χ1) is 9.10. The van der Waals surface area contributed by atoms with Crippen molar-refractivity contribution in [2.45, 2.75) is 0 Å². The highest BCUT2D eigenvalue weighted by molar-refractivity contribution is 7.80. The zero-order chi connectivity index (χ0) is 13.8. The van der Waals surface area contributed by atoms with Crippen LogP contribution in [0.2, 0.25) is 0 Å². The van der Waals surface area contributed by atoms with Crippen molar-refractivity contribution in [1.29, 1.82) is 0 Å². The second kappa shape index (κ2) is 5.62. The minimum absolute atomic E-state index is 0.290. The third kappa shape index (κ3) is 3.17. The van der Waals surface area contributed by atoms with E-state index < -0.39 is 0 Å². The monoisotopic (exact) mass is 277 g/mol. The van der Waals surface area contributed by atoms with Gasteiger partial charge in [-0.1, -0.05) is 12.2 Å². The van der Waals surface area contributed by atoms with Gasteiger partial charge in [-0.25, -0.2) is 9.37 Å². The Bertz CT molecular complexity index is 601. The zero-order valence-electron chi connectivity index (χ0n) is 10.2. The molecule has 0 unspecified atom stereocenters. The van der Waals surface area contributed by atoms with Crippen molar-refractivity contribution >= 4 is 28.7 Å². The Morgan fingerprint density at radius 2 is 2.16 bits per heavy atom. The van der Waals surface area contributed by atoms with Gasteiger partial charge in [-0.2, -0.15) is 0 Å². The Labute approximate surface area is 115 Å². The van der Waals surface area contributed by atoms with Crippen LogP contribution in [0.5, 0.6) is 5.75 Å². The van der Waals surface area contributed by atoms with E-state index in [0.717, 1.165) is 0 Å². The number of ether oxygens (including phenoxy) is 1. The standard InChI is InChI=1S/C13H12FN3OS/c1-18-11-6-9(14)3-4-10(11)17-12-5-2-8(7-16-12)13(15)19/h2-7H,1H3,(H2,15,19)(H,16,17). The summed E-state index contributed by atoms with van der Waals surface area (Å²) in [5, 5.41) is 3.03. The van der Waals surface area contributed by atoms with Gasteiger partial charge in [0.05, 0.1) is 12.8 Å². The van der Waals surface area contributed by atoms with Gasteiger partial charge in [0.15, 0.2) is 0 Å². The van der Waals surface area contributed by atoms with E-state index in [-0.39, 0.29) is 5.82 Å². The average Bonchev–Trinajstić information content (AvgIpc) is 2.41. The Kier molecular flexibility index (Phi) is 3.91. The third-order valence-corrected chi connectivity index (χ3v) is 2.71. The van der Waals surface area contributed by atoms with Crippen LogP contribution in [-0.4, -0.2) is 17.1 Å². The van der Waals surface area contributed by atoms with Crippen molar-refractivity contribution in [3.63, 3.8) is 0 Å². The van der Waals surface area contributed by atoms with E-state index in [4.69, 9.17) is 22.7 Å². The summed E-state index contributed by atoms with van der Waals surface area (Å²) in [7, 11) is 1.48. The number of rotatable bonds is 4. The normalized spacial score (nSPS) is 10.0. The number of halogens is 1. The summed E-state index contributed by atoms with van der Waals surface area (Å²) in [6, 6.07) is 7.71. The minimum atomic E-state index is -0.362. The van der Waals surface area contributed by atoms with Crippen LogP contribution in [0.25, 0.3) is 0 Å². The van der Waals surface area contributed by atoms with E-state index in [1.165, 1.54) is 19.2 Å². The maximum absolute atomic E-state index is 13.1. The number of thiocarbonyl (C=S) groups is 1. The number of nitrogens with zero attached hydrogens (tertiary/aromatic N) is 1. The molecule has 0 aliphatic heterocycles. The van der Waals surface area contributed by atoms with Crippen LogP contribution in [0.4, 0.5) is 15.9 Å². The maximum Gasteiger partial charge on any atom is 0.145 e. The van der Waals surface area contributed by atoms with E-state index in [1.807, 2.05) is 0 Å². The lowest BCUT2D eigenvalue weighted by Gasteiger charge is -2.10. The number of nitrogens with two attached hydrogens (primary N) is 1. The molecule has 2 rings (SSSR count). The highest BCUT2D eigenvalue weighted by Gasteiger charge is 2.06. The van der Waals surface area contributed by atoms with Crippen LogP contribution in [0, 0.1) is 5.82 Å². The van der Waals surface area contributed by atoms with Crippen molar-refractivity contribution in [3.05, 3.63) is 47.9 Å². The number of benzene rings is 1. The largest absolute Gasteiger partial charge is 0.494 e. The number of nitrogens with one attached hydrogen (secondary N) is 1. The van der Waals surface area contributed by atoms with Crippen LogP contribution in [0.15, 0.2) is 36.5 Å². The van der Waals surface area contributed by atoms with Gasteiger partial charge in [0, 0.05) is 17.8 Å². The first-order valence-electron chi connectivity index (χ1n) is 5.46. The molecule has 0 radical (unpaired) electrons. The molecular weight excluding hydrogens is 265 g/mol. The maximum atomic E-state index is 13.1. The summed E-state index contributed by atoms with van der Waals surface area (Å²) >= 11 is 4.84. The summed E-state index contributed by atoms with van der Waals surface area (Å²) in [6.45, 7) is 0. The fraction of sp³-hybridized carbons (Fsp3) is 0.0769. The molecule has 2 aromatic rings. The number of hydrogen-bond acceptors (Lipinski definition) is 4. The molecule has 19 heavy (non-hydrogen) atoms. The van der Waals surface area contributed by atoms with Crippen molar-refractivity contribution in [3.8, 4) is 5.75 Å². The first-order valence-corrected chi connectivity index (χ1v) is 5.87. The number of methoxy groups -OCH3 is 1. The van der Waals surface area contributed by atoms with Gasteiger partial charge < -0.3 is 15.8 Å². The quantitative estimate of drug-likeness (QED) is 0.841. The average molecular weight is 277 g/mol. The molecule has 0 spiro atoms. The highest BCUT2D eigenvalue weighted by atomic mass is 32.1. The number of pyridine rings is 1. The zero-order valence-corrected chi connectivity index (χ0v) is 11.0. The predicted octanol–water partition coefficient (Wildman–Crippen LogP) is 2.61. The van der Waals surface area contributed by atoms with Gasteiger partial charge >= 0.3 is 0 Å². The Balaban J connectivity index is 2.23. The molecule has 6 heteroatoms. The number of aromatic nitrogens is 1.